The highest BCUT2D eigenvalue weighted by Crippen LogP contribution is 2.32. The smallest absolute Gasteiger partial charge is 0.0481 e. The second-order valence-corrected chi connectivity index (χ2v) is 9.85. The van der Waals surface area contributed by atoms with Crippen LogP contribution in [0.4, 0.5) is 0 Å². The largest absolute Gasteiger partial charge is 0.396 e. The zero-order valence-electron chi connectivity index (χ0n) is 22.0. The van der Waals surface area contributed by atoms with Crippen LogP contribution in [0.1, 0.15) is 75.1 Å². The maximum Gasteiger partial charge on any atom is 0.0481 e. The van der Waals surface area contributed by atoms with Gasteiger partial charge in [0.15, 0.2) is 0 Å². The molecule has 0 saturated carbocycles. The Bertz CT molecular complexity index is 1030. The van der Waals surface area contributed by atoms with Crippen LogP contribution < -0.4 is 0 Å². The lowest BCUT2D eigenvalue weighted by molar-refractivity contribution is 0.142. The van der Waals surface area contributed by atoms with Gasteiger partial charge in [0.1, 0.15) is 0 Å². The normalized spacial score (nSPS) is 11.4. The molecule has 2 N–H and O–H groups in total. The molecule has 0 bridgehead atoms. The average molecular weight is 473 g/mol. The van der Waals surface area contributed by atoms with Gasteiger partial charge in [0.25, 0.3) is 0 Å². The standard InChI is InChI=1S/C33H44O2/c1-4-7-8-10-25-13-16-30(17-14-25)32-20-18-31(22-29(32)6-3)33-19-15-26(21-28(33)5-2)11-9-12-27(23-34)24-35/h13-22,27,34-35H,4-12,23-24H2,1-3H3. The Kier molecular flexibility index (Phi) is 11.0. The van der Waals surface area contributed by atoms with Gasteiger partial charge < -0.3 is 10.2 Å². The molecule has 2 heteroatoms. The predicted molar refractivity (Wildman–Crippen MR) is 150 cm³/mol. The van der Waals surface area contributed by atoms with Gasteiger partial charge in [-0.2, -0.15) is 0 Å². The highest BCUT2D eigenvalue weighted by Gasteiger charge is 2.11. The average Bonchev–Trinajstić information content (AvgIpc) is 2.91. The van der Waals surface area contributed by atoms with E-state index in [1.165, 1.54) is 70.2 Å². The van der Waals surface area contributed by atoms with E-state index in [1.54, 1.807) is 0 Å². The molecule has 0 aliphatic carbocycles. The van der Waals surface area contributed by atoms with E-state index >= 15 is 0 Å². The van der Waals surface area contributed by atoms with E-state index in [0.29, 0.717) is 0 Å². The fourth-order valence-electron chi connectivity index (χ4n) is 4.98. The first-order valence-electron chi connectivity index (χ1n) is 13.7. The van der Waals surface area contributed by atoms with E-state index in [4.69, 9.17) is 0 Å². The van der Waals surface area contributed by atoms with Crippen molar-refractivity contribution >= 4 is 0 Å². The summed E-state index contributed by atoms with van der Waals surface area (Å²) in [5.74, 6) is 0.00293. The number of unbranched alkanes of at least 4 members (excludes halogenated alkanes) is 2. The summed E-state index contributed by atoms with van der Waals surface area (Å²) in [6, 6.07) is 23.0. The molecule has 188 valence electrons. The topological polar surface area (TPSA) is 40.5 Å². The minimum Gasteiger partial charge on any atom is -0.396 e. The van der Waals surface area contributed by atoms with Crippen LogP contribution in [0.5, 0.6) is 0 Å². The van der Waals surface area contributed by atoms with Gasteiger partial charge in [0.2, 0.25) is 0 Å². The van der Waals surface area contributed by atoms with Gasteiger partial charge in [-0.15, -0.1) is 0 Å². The van der Waals surface area contributed by atoms with Gasteiger partial charge in [-0.25, -0.2) is 0 Å². The van der Waals surface area contributed by atoms with Crippen molar-refractivity contribution in [3.8, 4) is 22.3 Å². The summed E-state index contributed by atoms with van der Waals surface area (Å²) in [6.45, 7) is 6.86. The van der Waals surface area contributed by atoms with Crippen LogP contribution in [0.2, 0.25) is 0 Å². The molecular weight excluding hydrogens is 428 g/mol. The molecule has 0 aliphatic rings. The molecule has 0 heterocycles. The summed E-state index contributed by atoms with van der Waals surface area (Å²) in [5.41, 5.74) is 10.8. The van der Waals surface area contributed by atoms with Crippen LogP contribution in [-0.4, -0.2) is 23.4 Å². The summed E-state index contributed by atoms with van der Waals surface area (Å²) < 4.78 is 0. The second-order valence-electron chi connectivity index (χ2n) is 9.85. The van der Waals surface area contributed by atoms with Crippen molar-refractivity contribution in [1.29, 1.82) is 0 Å². The molecule has 0 radical (unpaired) electrons. The van der Waals surface area contributed by atoms with Crippen LogP contribution in [-0.2, 0) is 25.7 Å². The number of aryl methyl sites for hydroxylation is 4. The first-order valence-corrected chi connectivity index (χ1v) is 13.7. The molecule has 0 saturated heterocycles. The molecule has 3 aromatic rings. The highest BCUT2D eigenvalue weighted by molar-refractivity contribution is 5.75. The number of hydrogen-bond acceptors (Lipinski definition) is 2. The van der Waals surface area contributed by atoms with Gasteiger partial charge >= 0.3 is 0 Å². The van der Waals surface area contributed by atoms with Gasteiger partial charge in [0.05, 0.1) is 0 Å². The summed E-state index contributed by atoms with van der Waals surface area (Å²) in [7, 11) is 0. The zero-order chi connectivity index (χ0) is 25.0. The number of benzene rings is 3. The van der Waals surface area contributed by atoms with E-state index in [2.05, 4.69) is 81.4 Å². The Morgan fingerprint density at radius 2 is 1.17 bits per heavy atom. The van der Waals surface area contributed by atoms with Crippen LogP contribution in [0.25, 0.3) is 22.3 Å². The Morgan fingerprint density at radius 3 is 1.83 bits per heavy atom. The van der Waals surface area contributed by atoms with Crippen LogP contribution in [0, 0.1) is 5.92 Å². The first-order chi connectivity index (χ1) is 17.1. The molecule has 0 atom stereocenters. The molecule has 0 spiro atoms. The Morgan fingerprint density at radius 1 is 0.600 bits per heavy atom. The monoisotopic (exact) mass is 472 g/mol. The van der Waals surface area contributed by atoms with Gasteiger partial charge in [-0.05, 0) is 89.5 Å². The van der Waals surface area contributed by atoms with E-state index in [1.807, 2.05) is 0 Å². The quantitative estimate of drug-likeness (QED) is 0.235. The van der Waals surface area contributed by atoms with Crippen molar-refractivity contribution in [2.45, 2.75) is 78.6 Å². The number of hydrogen-bond donors (Lipinski definition) is 2. The fraction of sp³-hybridized carbons (Fsp3) is 0.455. The van der Waals surface area contributed by atoms with Crippen molar-refractivity contribution in [1.82, 2.24) is 0 Å². The molecule has 3 aromatic carbocycles. The molecule has 0 aromatic heterocycles. The number of rotatable bonds is 14. The lowest BCUT2D eigenvalue weighted by Crippen LogP contribution is -2.11. The highest BCUT2D eigenvalue weighted by atomic mass is 16.3. The Labute approximate surface area is 213 Å². The van der Waals surface area contributed by atoms with Gasteiger partial charge in [0, 0.05) is 19.1 Å². The minimum atomic E-state index is 0.00293. The summed E-state index contributed by atoms with van der Waals surface area (Å²) >= 11 is 0. The fourth-order valence-corrected chi connectivity index (χ4v) is 4.98. The molecule has 0 fully saturated rings. The summed E-state index contributed by atoms with van der Waals surface area (Å²) in [5, 5.41) is 18.6. The predicted octanol–water partition coefficient (Wildman–Crippen LogP) is 7.80. The molecule has 2 nitrogen and oxygen atoms in total. The van der Waals surface area contributed by atoms with Crippen molar-refractivity contribution < 1.29 is 10.2 Å². The molecule has 35 heavy (non-hydrogen) atoms. The van der Waals surface area contributed by atoms with Crippen molar-refractivity contribution in [3.63, 3.8) is 0 Å². The van der Waals surface area contributed by atoms with Gasteiger partial charge in [-0.3, -0.25) is 0 Å². The van der Waals surface area contributed by atoms with E-state index in [0.717, 1.165) is 32.1 Å². The molecule has 0 amide bonds. The molecule has 3 rings (SSSR count). The Balaban J connectivity index is 1.77. The summed E-state index contributed by atoms with van der Waals surface area (Å²) in [6.07, 6.45) is 9.86. The number of aliphatic hydroxyl groups excluding tert-OH is 2. The van der Waals surface area contributed by atoms with Crippen molar-refractivity contribution in [2.75, 3.05) is 13.2 Å². The lowest BCUT2D eigenvalue weighted by Gasteiger charge is -2.15. The minimum absolute atomic E-state index is 0.00293. The summed E-state index contributed by atoms with van der Waals surface area (Å²) in [4.78, 5) is 0. The maximum absolute atomic E-state index is 9.29. The molecular formula is C33H44O2. The van der Waals surface area contributed by atoms with Crippen LogP contribution in [0.3, 0.4) is 0 Å². The zero-order valence-corrected chi connectivity index (χ0v) is 22.0. The van der Waals surface area contributed by atoms with Crippen molar-refractivity contribution in [2.24, 2.45) is 5.92 Å². The Hall–Kier alpha value is -2.42. The van der Waals surface area contributed by atoms with Crippen LogP contribution >= 0.6 is 0 Å². The third-order valence-corrected chi connectivity index (χ3v) is 7.28. The van der Waals surface area contributed by atoms with Gasteiger partial charge in [-0.1, -0.05) is 94.3 Å². The lowest BCUT2D eigenvalue weighted by atomic mass is 9.90. The van der Waals surface area contributed by atoms with E-state index in [-0.39, 0.29) is 19.1 Å². The molecule has 0 unspecified atom stereocenters. The third kappa shape index (κ3) is 7.53. The second kappa shape index (κ2) is 14.2. The molecule has 0 aliphatic heterocycles. The van der Waals surface area contributed by atoms with Crippen molar-refractivity contribution in [3.05, 3.63) is 82.9 Å². The number of aliphatic hydroxyl groups is 2. The van der Waals surface area contributed by atoms with Crippen LogP contribution in [0.15, 0.2) is 60.7 Å². The first kappa shape index (κ1) is 27.2. The SMILES string of the molecule is CCCCCc1ccc(-c2ccc(-c3ccc(CCCC(CO)CO)cc3CC)cc2CC)cc1. The third-order valence-electron chi connectivity index (χ3n) is 7.28. The maximum atomic E-state index is 9.29. The van der Waals surface area contributed by atoms with E-state index < -0.39 is 0 Å². The van der Waals surface area contributed by atoms with E-state index in [9.17, 15) is 10.2 Å².